The zero-order valence-corrected chi connectivity index (χ0v) is 20.0. The fraction of sp³-hybridized carbons (Fsp3) is 0.583. The van der Waals surface area contributed by atoms with Crippen molar-refractivity contribution in [1.82, 2.24) is 35.5 Å². The number of piperidine rings is 1. The van der Waals surface area contributed by atoms with E-state index in [1.165, 1.54) is 0 Å². The first kappa shape index (κ1) is 24.3. The number of hydrogen-bond acceptors (Lipinski definition) is 7. The predicted molar refractivity (Wildman–Crippen MR) is 123 cm³/mol. The van der Waals surface area contributed by atoms with E-state index in [0.717, 1.165) is 18.5 Å². The summed E-state index contributed by atoms with van der Waals surface area (Å²) in [4.78, 5) is 29.9. The van der Waals surface area contributed by atoms with Crippen molar-refractivity contribution in [3.8, 4) is 0 Å². The number of amides is 2. The molecule has 1 unspecified atom stereocenters. The van der Waals surface area contributed by atoms with E-state index in [1.807, 2.05) is 19.1 Å². The number of halogens is 2. The predicted octanol–water partition coefficient (Wildman–Crippen LogP) is 3.04. The van der Waals surface area contributed by atoms with Gasteiger partial charge in [0.15, 0.2) is 11.3 Å². The second kappa shape index (κ2) is 9.90. The Morgan fingerprint density at radius 2 is 2.08 bits per heavy atom. The zero-order chi connectivity index (χ0) is 25.3. The summed E-state index contributed by atoms with van der Waals surface area (Å²) in [5, 5.41) is 18.0. The topological polar surface area (TPSA) is 127 Å². The molecule has 3 aromatic heterocycles. The first-order valence-electron chi connectivity index (χ1n) is 12.5. The molecule has 0 aromatic carbocycles. The van der Waals surface area contributed by atoms with Crippen LogP contribution in [0.5, 0.6) is 0 Å². The lowest BCUT2D eigenvalue weighted by molar-refractivity contribution is -0.126. The number of nitrogens with zero attached hydrogens (tertiary/aromatic N) is 5. The third-order valence-corrected chi connectivity index (χ3v) is 7.19. The number of nitrogens with one attached hydrogen (secondary N) is 2. The van der Waals surface area contributed by atoms with E-state index in [1.54, 1.807) is 10.7 Å². The van der Waals surface area contributed by atoms with Crippen molar-refractivity contribution < 1.29 is 23.0 Å². The number of fused-ring (bicyclic) bond motifs is 1. The van der Waals surface area contributed by atoms with Gasteiger partial charge in [-0.25, -0.2) is 22.9 Å². The molecule has 2 aliphatic rings. The highest BCUT2D eigenvalue weighted by Crippen LogP contribution is 2.41. The largest absolute Gasteiger partial charge is 0.356 e. The van der Waals surface area contributed by atoms with Crippen molar-refractivity contribution >= 4 is 17.5 Å². The normalized spacial score (nSPS) is 21.3. The third kappa shape index (κ3) is 5.07. The molecule has 1 aliphatic carbocycles. The number of rotatable bonds is 7. The monoisotopic (exact) mass is 501 g/mol. The van der Waals surface area contributed by atoms with Crippen LogP contribution in [0.25, 0.3) is 5.65 Å². The SMILES string of the molecule is CCc1nonc1C(=O)N[C@H](c1cn2nc(CC3CCCNC3=O)ccc2n1)C1CCC(F)(F)CC1. The van der Waals surface area contributed by atoms with Gasteiger partial charge in [0.05, 0.1) is 23.6 Å². The summed E-state index contributed by atoms with van der Waals surface area (Å²) in [7, 11) is 0. The number of carbonyl (C=O) groups is 2. The minimum absolute atomic E-state index is 0.0418. The lowest BCUT2D eigenvalue weighted by Crippen LogP contribution is -2.37. The highest BCUT2D eigenvalue weighted by atomic mass is 19.3. The van der Waals surface area contributed by atoms with Crippen molar-refractivity contribution in [2.45, 2.75) is 70.3 Å². The van der Waals surface area contributed by atoms with Crippen LogP contribution in [0.3, 0.4) is 0 Å². The summed E-state index contributed by atoms with van der Waals surface area (Å²) in [6, 6.07) is 3.05. The molecule has 2 N–H and O–H groups in total. The first-order chi connectivity index (χ1) is 17.3. The molecule has 3 aromatic rings. The van der Waals surface area contributed by atoms with Crippen molar-refractivity contribution in [1.29, 1.82) is 0 Å². The van der Waals surface area contributed by atoms with Gasteiger partial charge in [-0.3, -0.25) is 9.59 Å². The van der Waals surface area contributed by atoms with E-state index >= 15 is 0 Å². The maximum atomic E-state index is 13.9. The second-order valence-electron chi connectivity index (χ2n) is 9.69. The number of aromatic nitrogens is 5. The van der Waals surface area contributed by atoms with E-state index in [2.05, 4.69) is 31.0 Å². The van der Waals surface area contributed by atoms with E-state index in [-0.39, 0.29) is 49.1 Å². The smallest absolute Gasteiger partial charge is 0.276 e. The van der Waals surface area contributed by atoms with Crippen molar-refractivity contribution in [2.75, 3.05) is 6.54 Å². The molecule has 1 aliphatic heterocycles. The Labute approximate surface area is 206 Å². The number of alkyl halides is 2. The Bertz CT molecular complexity index is 1250. The number of carbonyl (C=O) groups excluding carboxylic acids is 2. The van der Waals surface area contributed by atoms with Gasteiger partial charge >= 0.3 is 0 Å². The molecule has 5 rings (SSSR count). The number of imidazole rings is 1. The Hall–Kier alpha value is -3.44. The van der Waals surface area contributed by atoms with Crippen LogP contribution in [0.4, 0.5) is 8.78 Å². The lowest BCUT2D eigenvalue weighted by Gasteiger charge is -2.33. The molecule has 192 valence electrons. The molecule has 1 saturated carbocycles. The van der Waals surface area contributed by atoms with Crippen molar-refractivity contribution in [2.24, 2.45) is 11.8 Å². The molecule has 36 heavy (non-hydrogen) atoms. The fourth-order valence-corrected chi connectivity index (χ4v) is 5.13. The average molecular weight is 502 g/mol. The summed E-state index contributed by atoms with van der Waals surface area (Å²) in [6.07, 6.45) is 4.48. The highest BCUT2D eigenvalue weighted by Gasteiger charge is 2.39. The summed E-state index contributed by atoms with van der Waals surface area (Å²) in [5.74, 6) is -3.48. The molecule has 0 spiro atoms. The average Bonchev–Trinajstić information content (AvgIpc) is 3.51. The van der Waals surface area contributed by atoms with Gasteiger partial charge in [0.1, 0.15) is 5.69 Å². The third-order valence-electron chi connectivity index (χ3n) is 7.19. The molecule has 10 nitrogen and oxygen atoms in total. The number of hydrogen-bond donors (Lipinski definition) is 2. The van der Waals surface area contributed by atoms with Crippen LogP contribution in [0.1, 0.15) is 79.1 Å². The van der Waals surface area contributed by atoms with Gasteiger partial charge in [-0.05, 0) is 55.3 Å². The van der Waals surface area contributed by atoms with Gasteiger partial charge in [-0.15, -0.1) is 0 Å². The van der Waals surface area contributed by atoms with Crippen LogP contribution in [0.2, 0.25) is 0 Å². The minimum atomic E-state index is -2.70. The van der Waals surface area contributed by atoms with Crippen LogP contribution in [0.15, 0.2) is 23.0 Å². The van der Waals surface area contributed by atoms with Crippen LogP contribution in [-0.4, -0.2) is 49.2 Å². The second-order valence-corrected chi connectivity index (χ2v) is 9.69. The van der Waals surface area contributed by atoms with Crippen LogP contribution in [-0.2, 0) is 17.6 Å². The zero-order valence-electron chi connectivity index (χ0n) is 20.0. The van der Waals surface area contributed by atoms with Crippen LogP contribution < -0.4 is 10.6 Å². The van der Waals surface area contributed by atoms with E-state index in [9.17, 15) is 18.4 Å². The van der Waals surface area contributed by atoms with Gasteiger partial charge in [-0.1, -0.05) is 12.1 Å². The highest BCUT2D eigenvalue weighted by molar-refractivity contribution is 5.93. The fourth-order valence-electron chi connectivity index (χ4n) is 5.13. The lowest BCUT2D eigenvalue weighted by atomic mass is 9.81. The van der Waals surface area contributed by atoms with Gasteiger partial charge in [0.25, 0.3) is 5.91 Å². The molecule has 0 radical (unpaired) electrons. The number of aryl methyl sites for hydroxylation is 1. The molecule has 2 atom stereocenters. The van der Waals surface area contributed by atoms with E-state index < -0.39 is 17.9 Å². The molecular formula is C24H29F2N7O3. The van der Waals surface area contributed by atoms with Crippen LogP contribution in [0, 0.1) is 11.8 Å². The van der Waals surface area contributed by atoms with Gasteiger partial charge in [0.2, 0.25) is 11.8 Å². The summed E-state index contributed by atoms with van der Waals surface area (Å²) < 4.78 is 34.1. The Balaban J connectivity index is 1.41. The quantitative estimate of drug-likeness (QED) is 0.509. The standard InChI is InChI=1S/C24H29F2N7O3/c1-2-17-21(32-36-31-17)23(35)29-20(14-7-9-24(25,26)10-8-14)18-13-33-19(28-18)6-5-16(30-33)12-15-4-3-11-27-22(15)34/h5-6,13-15,20H,2-4,7-12H2,1H3,(H,27,34)(H,29,35)/t15?,20-/m0/s1. The van der Waals surface area contributed by atoms with Crippen LogP contribution >= 0.6 is 0 Å². The molecule has 2 fully saturated rings. The van der Waals surface area contributed by atoms with Gasteiger partial charge in [0, 0.05) is 31.7 Å². The Kier molecular flexibility index (Phi) is 6.67. The van der Waals surface area contributed by atoms with E-state index in [4.69, 9.17) is 4.63 Å². The van der Waals surface area contributed by atoms with Gasteiger partial charge in [-0.2, -0.15) is 5.10 Å². The summed E-state index contributed by atoms with van der Waals surface area (Å²) in [6.45, 7) is 2.54. The Morgan fingerprint density at radius 1 is 1.28 bits per heavy atom. The minimum Gasteiger partial charge on any atom is -0.356 e. The summed E-state index contributed by atoms with van der Waals surface area (Å²) >= 11 is 0. The summed E-state index contributed by atoms with van der Waals surface area (Å²) in [5.41, 5.74) is 2.37. The molecule has 4 heterocycles. The van der Waals surface area contributed by atoms with Crippen molar-refractivity contribution in [3.05, 3.63) is 41.1 Å². The molecule has 12 heteroatoms. The molecule has 0 bridgehead atoms. The maximum Gasteiger partial charge on any atom is 0.276 e. The van der Waals surface area contributed by atoms with Crippen molar-refractivity contribution in [3.63, 3.8) is 0 Å². The first-order valence-corrected chi connectivity index (χ1v) is 12.5. The molecule has 2 amide bonds. The molecular weight excluding hydrogens is 472 g/mol. The Morgan fingerprint density at radius 3 is 2.83 bits per heavy atom. The van der Waals surface area contributed by atoms with E-state index in [0.29, 0.717) is 36.4 Å². The maximum absolute atomic E-state index is 13.9. The molecule has 1 saturated heterocycles. The van der Waals surface area contributed by atoms with Gasteiger partial charge < -0.3 is 10.6 Å².